The number of ether oxygens (including phenoxy) is 1. The van der Waals surface area contributed by atoms with E-state index in [1.165, 1.54) is 6.33 Å². The molecule has 1 fully saturated rings. The summed E-state index contributed by atoms with van der Waals surface area (Å²) in [5, 5.41) is 10.3. The number of nitrogens with zero attached hydrogens (tertiary/aromatic N) is 3. The molecule has 1 saturated carbocycles. The van der Waals surface area contributed by atoms with Gasteiger partial charge >= 0.3 is 0 Å². The van der Waals surface area contributed by atoms with E-state index >= 15 is 0 Å². The zero-order valence-electron chi connectivity index (χ0n) is 17.2. The van der Waals surface area contributed by atoms with E-state index in [1.54, 1.807) is 12.4 Å². The van der Waals surface area contributed by atoms with Crippen molar-refractivity contribution in [3.8, 4) is 11.1 Å². The summed E-state index contributed by atoms with van der Waals surface area (Å²) >= 11 is 0. The van der Waals surface area contributed by atoms with E-state index in [4.69, 9.17) is 13.2 Å². The Balaban J connectivity index is 1.73. The van der Waals surface area contributed by atoms with Crippen molar-refractivity contribution < 1.29 is 12.6 Å². The Kier molecular flexibility index (Phi) is 3.11. The number of fused-ring (bicyclic) bond motifs is 3. The third-order valence-corrected chi connectivity index (χ3v) is 6.56. The fraction of sp³-hybridized carbons (Fsp3) is 0.476. The van der Waals surface area contributed by atoms with Crippen molar-refractivity contribution in [2.24, 2.45) is 22.1 Å². The molecule has 2 heterocycles. The standard InChI is InChI=1S/C21H24N4O2/c1-13-7-20(5-4-18(13)26)8-15-3-2-14(16-9-23-12-24-10-16)6-17(15)21(20)11-27-19(22)25-21/h2-3,6,9-10,12-13,18,26H,4-5,7-8,11H2,1H3,(H2,22,25)/t13-,18-,20-,21?/m0/s1/i11D2. The maximum absolute atomic E-state index is 10.3. The zero-order chi connectivity index (χ0) is 20.4. The summed E-state index contributed by atoms with van der Waals surface area (Å²) in [7, 11) is 0. The number of nitrogens with two attached hydrogens (primary N) is 1. The number of hydrogen-bond donors (Lipinski definition) is 2. The summed E-state index contributed by atoms with van der Waals surface area (Å²) in [5.74, 6) is 0.0461. The van der Waals surface area contributed by atoms with Crippen LogP contribution in [0.2, 0.25) is 0 Å². The van der Waals surface area contributed by atoms with Crippen LogP contribution in [0.25, 0.3) is 11.1 Å². The molecule has 1 aromatic carbocycles. The fourth-order valence-corrected chi connectivity index (χ4v) is 5.20. The third-order valence-electron chi connectivity index (χ3n) is 6.56. The molecule has 3 aliphatic rings. The van der Waals surface area contributed by atoms with Gasteiger partial charge in [0, 0.05) is 23.4 Å². The van der Waals surface area contributed by atoms with Crippen LogP contribution >= 0.6 is 0 Å². The van der Waals surface area contributed by atoms with Crippen LogP contribution in [0.4, 0.5) is 0 Å². The van der Waals surface area contributed by atoms with Crippen molar-refractivity contribution in [3.63, 3.8) is 0 Å². The second-order valence-corrected chi connectivity index (χ2v) is 8.11. The van der Waals surface area contributed by atoms with Crippen LogP contribution in [0, 0.1) is 11.3 Å². The predicted octanol–water partition coefficient (Wildman–Crippen LogP) is 2.41. The maximum Gasteiger partial charge on any atom is 0.283 e. The minimum absolute atomic E-state index is 0.0461. The van der Waals surface area contributed by atoms with Gasteiger partial charge in [-0.1, -0.05) is 19.1 Å². The predicted molar refractivity (Wildman–Crippen MR) is 102 cm³/mol. The van der Waals surface area contributed by atoms with Gasteiger partial charge in [0.1, 0.15) is 18.4 Å². The van der Waals surface area contributed by atoms with Gasteiger partial charge in [0.05, 0.1) is 8.85 Å². The van der Waals surface area contributed by atoms with Crippen LogP contribution in [0.3, 0.4) is 0 Å². The highest BCUT2D eigenvalue weighted by molar-refractivity contribution is 5.75. The highest BCUT2D eigenvalue weighted by atomic mass is 16.5. The second kappa shape index (κ2) is 5.76. The Labute approximate surface area is 161 Å². The number of aliphatic hydroxyl groups excluding tert-OH is 1. The van der Waals surface area contributed by atoms with Gasteiger partial charge in [0.15, 0.2) is 0 Å². The van der Waals surface area contributed by atoms with Gasteiger partial charge in [-0.3, -0.25) is 0 Å². The van der Waals surface area contributed by atoms with E-state index in [0.717, 1.165) is 22.3 Å². The molecule has 2 aromatic rings. The van der Waals surface area contributed by atoms with E-state index < -0.39 is 17.5 Å². The SMILES string of the molecule is [2H]C1([2H])OC(N)=NC12c1cc(-c3cncnc3)ccc1C[C@@]21CC[C@H](O)[C@@H](C)C1. The lowest BCUT2D eigenvalue weighted by Crippen LogP contribution is -2.48. The first-order valence-corrected chi connectivity index (χ1v) is 9.39. The number of aromatic nitrogens is 2. The number of amidine groups is 1. The molecule has 0 saturated heterocycles. The van der Waals surface area contributed by atoms with Gasteiger partial charge in [-0.25, -0.2) is 15.0 Å². The normalized spacial score (nSPS) is 37.5. The molecule has 0 radical (unpaired) electrons. The minimum atomic E-state index is -2.07. The van der Waals surface area contributed by atoms with E-state index in [1.807, 2.05) is 25.1 Å². The van der Waals surface area contributed by atoms with Crippen LogP contribution in [-0.4, -0.2) is 33.8 Å². The Morgan fingerprint density at radius 1 is 1.30 bits per heavy atom. The van der Waals surface area contributed by atoms with E-state index in [0.29, 0.717) is 25.7 Å². The lowest BCUT2D eigenvalue weighted by molar-refractivity contribution is -0.0253. The number of benzene rings is 1. The Bertz CT molecular complexity index is 999. The molecule has 1 aromatic heterocycles. The Morgan fingerprint density at radius 3 is 2.81 bits per heavy atom. The first kappa shape index (κ1) is 14.6. The number of aliphatic hydroxyl groups is 1. The summed E-state index contributed by atoms with van der Waals surface area (Å²) in [6.45, 7) is -0.0520. The average Bonchev–Trinajstić information content (AvgIpc) is 3.10. The molecule has 3 N–H and O–H groups in total. The quantitative estimate of drug-likeness (QED) is 0.808. The Hall–Kier alpha value is -2.47. The molecular weight excluding hydrogens is 340 g/mol. The molecule has 4 atom stereocenters. The monoisotopic (exact) mass is 366 g/mol. The second-order valence-electron chi connectivity index (χ2n) is 8.11. The van der Waals surface area contributed by atoms with Gasteiger partial charge in [-0.15, -0.1) is 0 Å². The zero-order valence-corrected chi connectivity index (χ0v) is 15.2. The molecule has 140 valence electrons. The Morgan fingerprint density at radius 2 is 2.11 bits per heavy atom. The maximum atomic E-state index is 10.3. The molecule has 1 aliphatic heterocycles. The van der Waals surface area contributed by atoms with Crippen molar-refractivity contribution >= 4 is 6.02 Å². The first-order chi connectivity index (χ1) is 13.8. The molecular formula is C21H24N4O2. The molecule has 6 heteroatoms. The molecule has 6 nitrogen and oxygen atoms in total. The van der Waals surface area contributed by atoms with E-state index in [-0.39, 0.29) is 18.0 Å². The third kappa shape index (κ3) is 2.32. The van der Waals surface area contributed by atoms with Gasteiger partial charge in [-0.05, 0) is 54.4 Å². The minimum Gasteiger partial charge on any atom is -0.462 e. The summed E-state index contributed by atoms with van der Waals surface area (Å²) in [6.07, 6.45) is 7.20. The van der Waals surface area contributed by atoms with E-state index in [2.05, 4.69) is 15.0 Å². The van der Waals surface area contributed by atoms with Gasteiger partial charge in [0.25, 0.3) is 6.02 Å². The lowest BCUT2D eigenvalue weighted by atomic mass is 9.59. The lowest BCUT2D eigenvalue weighted by Gasteiger charge is -2.47. The van der Waals surface area contributed by atoms with Crippen LogP contribution in [0.15, 0.2) is 41.9 Å². The topological polar surface area (TPSA) is 93.6 Å². The largest absolute Gasteiger partial charge is 0.462 e. The highest BCUT2D eigenvalue weighted by Crippen LogP contribution is 2.62. The summed E-state index contributed by atoms with van der Waals surface area (Å²) in [5.41, 5.74) is 7.84. The molecule has 1 unspecified atom stereocenters. The summed E-state index contributed by atoms with van der Waals surface area (Å²) < 4.78 is 23.1. The van der Waals surface area contributed by atoms with Crippen molar-refractivity contribution in [2.75, 3.05) is 6.56 Å². The average molecular weight is 366 g/mol. The van der Waals surface area contributed by atoms with Crippen molar-refractivity contribution in [1.82, 2.24) is 9.97 Å². The molecule has 2 aliphatic carbocycles. The molecule has 27 heavy (non-hydrogen) atoms. The van der Waals surface area contributed by atoms with Gasteiger partial charge < -0.3 is 15.6 Å². The summed E-state index contributed by atoms with van der Waals surface area (Å²) in [6, 6.07) is 5.93. The highest BCUT2D eigenvalue weighted by Gasteiger charge is 2.62. The molecule has 0 bridgehead atoms. The number of hydrogen-bond acceptors (Lipinski definition) is 6. The van der Waals surface area contributed by atoms with E-state index in [9.17, 15) is 5.11 Å². The molecule has 5 rings (SSSR count). The smallest absolute Gasteiger partial charge is 0.283 e. The van der Waals surface area contributed by atoms with Crippen LogP contribution < -0.4 is 5.73 Å². The fourth-order valence-electron chi connectivity index (χ4n) is 5.20. The van der Waals surface area contributed by atoms with Crippen molar-refractivity contribution in [1.29, 1.82) is 0 Å². The van der Waals surface area contributed by atoms with Gasteiger partial charge in [-0.2, -0.15) is 0 Å². The van der Waals surface area contributed by atoms with Gasteiger partial charge in [0.2, 0.25) is 0 Å². The number of aliphatic imine (C=N–C) groups is 1. The summed E-state index contributed by atoms with van der Waals surface area (Å²) in [4.78, 5) is 12.9. The first-order valence-electron chi connectivity index (χ1n) is 10.4. The molecule has 0 amide bonds. The van der Waals surface area contributed by atoms with Crippen LogP contribution in [-0.2, 0) is 16.7 Å². The van der Waals surface area contributed by atoms with Crippen LogP contribution in [0.5, 0.6) is 0 Å². The van der Waals surface area contributed by atoms with Crippen molar-refractivity contribution in [2.45, 2.75) is 44.2 Å². The molecule has 2 spiro atoms. The van der Waals surface area contributed by atoms with Crippen molar-refractivity contribution in [3.05, 3.63) is 48.0 Å². The number of rotatable bonds is 1. The van der Waals surface area contributed by atoms with Crippen LogP contribution in [0.1, 0.15) is 40.1 Å².